The van der Waals surface area contributed by atoms with Crippen molar-refractivity contribution in [1.29, 1.82) is 0 Å². The molecule has 0 atom stereocenters. The molecule has 27 heavy (non-hydrogen) atoms. The molecule has 0 spiro atoms. The highest BCUT2D eigenvalue weighted by molar-refractivity contribution is 8.01. The fraction of sp³-hybridized carbons (Fsp3) is 0.412. The monoisotopic (exact) mass is 417 g/mol. The number of ether oxygens (including phenoxy) is 1. The average molecular weight is 417 g/mol. The number of carbonyl (C=O) groups is 1. The Bertz CT molecular complexity index is 805. The summed E-state index contributed by atoms with van der Waals surface area (Å²) in [5.74, 6) is -0.154. The Hall–Kier alpha value is -1.78. The van der Waals surface area contributed by atoms with E-state index >= 15 is 0 Å². The molecule has 0 bridgehead atoms. The predicted molar refractivity (Wildman–Crippen MR) is 101 cm³/mol. The summed E-state index contributed by atoms with van der Waals surface area (Å²) in [4.78, 5) is 18.4. The first-order chi connectivity index (χ1) is 12.8. The topological polar surface area (TPSA) is 54.5 Å². The third-order valence-electron chi connectivity index (χ3n) is 3.88. The van der Waals surface area contributed by atoms with Crippen molar-refractivity contribution in [2.24, 2.45) is 0 Å². The molecular formula is C17H18F3N3O2S2. The van der Waals surface area contributed by atoms with Crippen LogP contribution in [0, 0.1) is 6.92 Å². The van der Waals surface area contributed by atoms with Gasteiger partial charge in [-0.1, -0.05) is 11.8 Å². The lowest BCUT2D eigenvalue weighted by atomic mass is 10.1. The Morgan fingerprint density at radius 3 is 2.74 bits per heavy atom. The number of nitrogens with zero attached hydrogens (tertiary/aromatic N) is 2. The molecule has 1 aliphatic heterocycles. The minimum absolute atomic E-state index is 0.135. The molecule has 1 N–H and O–H groups in total. The van der Waals surface area contributed by atoms with E-state index in [0.717, 1.165) is 22.2 Å². The van der Waals surface area contributed by atoms with Crippen LogP contribution in [0.2, 0.25) is 0 Å². The van der Waals surface area contributed by atoms with Crippen molar-refractivity contribution in [3.8, 4) is 0 Å². The number of thiazole rings is 1. The van der Waals surface area contributed by atoms with E-state index in [1.165, 1.54) is 29.2 Å². The maximum absolute atomic E-state index is 13.1. The molecule has 2 aromatic rings. The Balaban J connectivity index is 1.75. The number of rotatable bonds is 5. The second-order valence-corrected chi connectivity index (χ2v) is 8.00. The van der Waals surface area contributed by atoms with Crippen molar-refractivity contribution in [2.75, 3.05) is 42.3 Å². The molecule has 146 valence electrons. The van der Waals surface area contributed by atoms with Crippen LogP contribution in [0.5, 0.6) is 0 Å². The number of aromatic nitrogens is 1. The van der Waals surface area contributed by atoms with Crippen LogP contribution < -0.4 is 10.2 Å². The first-order valence-electron chi connectivity index (χ1n) is 8.21. The summed E-state index contributed by atoms with van der Waals surface area (Å²) in [6.07, 6.45) is -4.44. The van der Waals surface area contributed by atoms with Gasteiger partial charge in [0.1, 0.15) is 0 Å². The van der Waals surface area contributed by atoms with Crippen LogP contribution >= 0.6 is 23.1 Å². The highest BCUT2D eigenvalue weighted by Gasteiger charge is 2.32. The standard InChI is InChI=1S/C17H18F3N3O2S2/c1-11-9-26-16(21-11)27-10-15(24)22-13-3-2-12(17(18,19)20)8-14(13)23-4-6-25-7-5-23/h2-3,8-9H,4-7,10H2,1H3,(H,22,24). The van der Waals surface area contributed by atoms with Crippen LogP contribution in [0.4, 0.5) is 24.5 Å². The van der Waals surface area contributed by atoms with Gasteiger partial charge in [0, 0.05) is 24.2 Å². The molecule has 1 aromatic heterocycles. The fourth-order valence-electron chi connectivity index (χ4n) is 2.59. The third-order valence-corrected chi connectivity index (χ3v) is 6.01. The average Bonchev–Trinajstić information content (AvgIpc) is 3.05. The van der Waals surface area contributed by atoms with E-state index in [1.54, 1.807) is 4.90 Å². The van der Waals surface area contributed by atoms with Crippen molar-refractivity contribution in [2.45, 2.75) is 17.4 Å². The molecule has 0 radical (unpaired) electrons. The molecule has 10 heteroatoms. The Kier molecular flexibility index (Phi) is 6.28. The summed E-state index contributed by atoms with van der Waals surface area (Å²) in [6.45, 7) is 3.68. The van der Waals surface area contributed by atoms with Gasteiger partial charge in [-0.25, -0.2) is 4.98 Å². The van der Waals surface area contributed by atoms with Gasteiger partial charge < -0.3 is 15.0 Å². The maximum Gasteiger partial charge on any atom is 0.416 e. The van der Waals surface area contributed by atoms with Crippen molar-refractivity contribution < 1.29 is 22.7 Å². The number of hydrogen-bond acceptors (Lipinski definition) is 6. The smallest absolute Gasteiger partial charge is 0.378 e. The maximum atomic E-state index is 13.1. The summed E-state index contributed by atoms with van der Waals surface area (Å²) < 4.78 is 45.4. The fourth-order valence-corrected chi connectivity index (χ4v) is 4.24. The van der Waals surface area contributed by atoms with Crippen LogP contribution in [0.25, 0.3) is 0 Å². The zero-order valence-corrected chi connectivity index (χ0v) is 16.1. The molecule has 1 amide bonds. The second-order valence-electron chi connectivity index (χ2n) is 5.92. The number of benzene rings is 1. The van der Waals surface area contributed by atoms with Gasteiger partial charge in [0.25, 0.3) is 0 Å². The van der Waals surface area contributed by atoms with Gasteiger partial charge in [-0.2, -0.15) is 13.2 Å². The Labute approximate surface area is 162 Å². The van der Waals surface area contributed by atoms with Crippen LogP contribution in [-0.4, -0.2) is 42.9 Å². The minimum Gasteiger partial charge on any atom is -0.378 e. The first kappa shape index (κ1) is 20.0. The highest BCUT2D eigenvalue weighted by atomic mass is 32.2. The second kappa shape index (κ2) is 8.49. The van der Waals surface area contributed by atoms with Gasteiger partial charge >= 0.3 is 6.18 Å². The molecule has 0 saturated carbocycles. The van der Waals surface area contributed by atoms with Gasteiger partial charge in [-0.15, -0.1) is 11.3 Å². The van der Waals surface area contributed by atoms with Gasteiger partial charge in [0.05, 0.1) is 35.9 Å². The normalized spacial score (nSPS) is 15.0. The summed E-state index contributed by atoms with van der Waals surface area (Å²) in [5.41, 5.74) is 0.872. The van der Waals surface area contributed by atoms with Crippen molar-refractivity contribution >= 4 is 40.4 Å². The number of hydrogen-bond donors (Lipinski definition) is 1. The summed E-state index contributed by atoms with van der Waals surface area (Å²) in [7, 11) is 0. The predicted octanol–water partition coefficient (Wildman–Crippen LogP) is 4.04. The van der Waals surface area contributed by atoms with Gasteiger partial charge in [0.15, 0.2) is 4.34 Å². The van der Waals surface area contributed by atoms with Crippen molar-refractivity contribution in [3.63, 3.8) is 0 Å². The Morgan fingerprint density at radius 2 is 2.11 bits per heavy atom. The number of carbonyl (C=O) groups excluding carboxylic acids is 1. The summed E-state index contributed by atoms with van der Waals surface area (Å²) in [6, 6.07) is 3.37. The molecule has 5 nitrogen and oxygen atoms in total. The zero-order valence-electron chi connectivity index (χ0n) is 14.5. The van der Waals surface area contributed by atoms with Gasteiger partial charge in [-0.05, 0) is 25.1 Å². The number of aryl methyl sites for hydroxylation is 1. The van der Waals surface area contributed by atoms with E-state index in [-0.39, 0.29) is 11.7 Å². The van der Waals surface area contributed by atoms with E-state index in [4.69, 9.17) is 4.74 Å². The number of thioether (sulfide) groups is 1. The SMILES string of the molecule is Cc1csc(SCC(=O)Nc2ccc(C(F)(F)F)cc2N2CCOCC2)n1. The number of anilines is 2. The molecule has 0 unspecified atom stereocenters. The summed E-state index contributed by atoms with van der Waals surface area (Å²) >= 11 is 2.75. The third kappa shape index (κ3) is 5.36. The van der Waals surface area contributed by atoms with Crippen LogP contribution in [0.15, 0.2) is 27.9 Å². The van der Waals surface area contributed by atoms with E-state index in [9.17, 15) is 18.0 Å². The van der Waals surface area contributed by atoms with Crippen LogP contribution in [0.3, 0.4) is 0 Å². The van der Waals surface area contributed by atoms with Crippen molar-refractivity contribution in [1.82, 2.24) is 4.98 Å². The Morgan fingerprint density at radius 1 is 1.37 bits per heavy atom. The molecule has 1 saturated heterocycles. The molecule has 0 aliphatic carbocycles. The molecule has 1 aliphatic rings. The number of alkyl halides is 3. The van der Waals surface area contributed by atoms with Gasteiger partial charge in [-0.3, -0.25) is 4.79 Å². The molecular weight excluding hydrogens is 399 g/mol. The van der Waals surface area contributed by atoms with Crippen LogP contribution in [-0.2, 0) is 15.7 Å². The number of nitrogens with one attached hydrogen (secondary N) is 1. The lowest BCUT2D eigenvalue weighted by Gasteiger charge is -2.31. The lowest BCUT2D eigenvalue weighted by Crippen LogP contribution is -2.37. The number of amides is 1. The number of morpholine rings is 1. The van der Waals surface area contributed by atoms with Crippen molar-refractivity contribution in [3.05, 3.63) is 34.8 Å². The molecule has 3 rings (SSSR count). The number of halogens is 3. The lowest BCUT2D eigenvalue weighted by molar-refractivity contribution is -0.137. The zero-order chi connectivity index (χ0) is 19.4. The van der Waals surface area contributed by atoms with E-state index in [0.29, 0.717) is 37.7 Å². The highest BCUT2D eigenvalue weighted by Crippen LogP contribution is 2.36. The van der Waals surface area contributed by atoms with E-state index in [2.05, 4.69) is 10.3 Å². The molecule has 2 heterocycles. The molecule has 1 fully saturated rings. The first-order valence-corrected chi connectivity index (χ1v) is 10.1. The van der Waals surface area contributed by atoms with E-state index in [1.807, 2.05) is 12.3 Å². The van der Waals surface area contributed by atoms with Gasteiger partial charge in [0.2, 0.25) is 5.91 Å². The van der Waals surface area contributed by atoms with E-state index < -0.39 is 11.7 Å². The largest absolute Gasteiger partial charge is 0.416 e. The van der Waals surface area contributed by atoms with Crippen LogP contribution in [0.1, 0.15) is 11.3 Å². The molecule has 1 aromatic carbocycles. The quantitative estimate of drug-likeness (QED) is 0.745. The minimum atomic E-state index is -4.44. The summed E-state index contributed by atoms with van der Waals surface area (Å²) in [5, 5.41) is 4.63.